The Hall–Kier alpha value is -1.23. The summed E-state index contributed by atoms with van der Waals surface area (Å²) in [5.74, 6) is 0. The maximum absolute atomic E-state index is 11.8. The van der Waals surface area contributed by atoms with Gasteiger partial charge in [0.2, 0.25) is 0 Å². The first-order chi connectivity index (χ1) is 10.4. The highest BCUT2D eigenvalue weighted by atomic mass is 16.6. The molecule has 2 aliphatic rings. The molecule has 2 N–H and O–H groups in total. The molecule has 1 heterocycles. The maximum atomic E-state index is 11.8. The second-order valence-corrected chi connectivity index (χ2v) is 7.31. The van der Waals surface area contributed by atoms with Gasteiger partial charge in [-0.05, 0) is 65.4 Å². The minimum Gasteiger partial charge on any atom is -0.497 e. The normalized spacial score (nSPS) is 28.8. The van der Waals surface area contributed by atoms with Crippen LogP contribution in [-0.2, 0) is 9.47 Å². The number of hydrogen-bond donors (Lipinski definition) is 2. The van der Waals surface area contributed by atoms with Crippen LogP contribution in [0.15, 0.2) is 12.3 Å². The summed E-state index contributed by atoms with van der Waals surface area (Å²) in [5.41, 5.74) is -0.433. The van der Waals surface area contributed by atoms with Gasteiger partial charge in [0.25, 0.3) is 0 Å². The Morgan fingerprint density at radius 3 is 2.45 bits per heavy atom. The maximum Gasteiger partial charge on any atom is 0.407 e. The molecule has 1 unspecified atom stereocenters. The highest BCUT2D eigenvalue weighted by Crippen LogP contribution is 2.20. The summed E-state index contributed by atoms with van der Waals surface area (Å²) in [4.78, 5) is 11.8. The van der Waals surface area contributed by atoms with E-state index >= 15 is 0 Å². The Morgan fingerprint density at radius 2 is 1.86 bits per heavy atom. The Morgan fingerprint density at radius 1 is 1.18 bits per heavy atom. The van der Waals surface area contributed by atoms with Crippen molar-refractivity contribution in [2.45, 2.75) is 83.1 Å². The number of rotatable bonds is 4. The van der Waals surface area contributed by atoms with Crippen LogP contribution in [0.5, 0.6) is 0 Å². The van der Waals surface area contributed by atoms with E-state index in [0.29, 0.717) is 12.1 Å². The van der Waals surface area contributed by atoms with E-state index in [-0.39, 0.29) is 12.1 Å². The zero-order chi connectivity index (χ0) is 16.0. The average Bonchev–Trinajstić information content (AvgIpc) is 2.45. The molecule has 1 saturated carbocycles. The molecule has 5 nitrogen and oxygen atoms in total. The second-order valence-electron chi connectivity index (χ2n) is 7.31. The fourth-order valence-corrected chi connectivity index (χ4v) is 2.95. The summed E-state index contributed by atoms with van der Waals surface area (Å²) in [5, 5.41) is 6.58. The number of allylic oxidation sites excluding steroid dienone is 1. The van der Waals surface area contributed by atoms with Crippen LogP contribution in [-0.4, -0.2) is 36.4 Å². The van der Waals surface area contributed by atoms with Crippen molar-refractivity contribution in [3.63, 3.8) is 0 Å². The van der Waals surface area contributed by atoms with Crippen LogP contribution in [0, 0.1) is 0 Å². The van der Waals surface area contributed by atoms with Crippen molar-refractivity contribution in [2.24, 2.45) is 0 Å². The minimum absolute atomic E-state index is 0.238. The summed E-state index contributed by atoms with van der Waals surface area (Å²) in [6.45, 7) is 6.57. The van der Waals surface area contributed by atoms with Crippen LogP contribution >= 0.6 is 0 Å². The third-order valence-corrected chi connectivity index (χ3v) is 4.10. The molecule has 2 rings (SSSR count). The molecule has 0 bridgehead atoms. The third kappa shape index (κ3) is 6.26. The van der Waals surface area contributed by atoms with Crippen LogP contribution < -0.4 is 10.6 Å². The molecule has 126 valence electrons. The van der Waals surface area contributed by atoms with Gasteiger partial charge in [0.15, 0.2) is 0 Å². The van der Waals surface area contributed by atoms with Gasteiger partial charge in [-0.1, -0.05) is 0 Å². The standard InChI is InChI=1S/C17H30N2O3/c1-17(2,3)22-16(20)19-14-9-7-13(8-10-14)18-12-15-6-4-5-11-21-15/h5,11,13-15,18H,4,6-10,12H2,1-3H3,(H,19,20). The van der Waals surface area contributed by atoms with Gasteiger partial charge in [0.05, 0.1) is 6.26 Å². The van der Waals surface area contributed by atoms with Crippen molar-refractivity contribution < 1.29 is 14.3 Å². The summed E-state index contributed by atoms with van der Waals surface area (Å²) < 4.78 is 10.9. The van der Waals surface area contributed by atoms with Gasteiger partial charge >= 0.3 is 6.09 Å². The quantitative estimate of drug-likeness (QED) is 0.837. The average molecular weight is 310 g/mol. The first-order valence-electron chi connectivity index (χ1n) is 8.46. The smallest absolute Gasteiger partial charge is 0.407 e. The SMILES string of the molecule is CC(C)(C)OC(=O)NC1CCC(NCC2CCC=CO2)CC1. The zero-order valence-corrected chi connectivity index (χ0v) is 14.1. The van der Waals surface area contributed by atoms with Gasteiger partial charge in [-0.3, -0.25) is 0 Å². The van der Waals surface area contributed by atoms with Gasteiger partial charge in [-0.2, -0.15) is 0 Å². The predicted molar refractivity (Wildman–Crippen MR) is 86.7 cm³/mol. The number of carbonyl (C=O) groups excluding carboxylic acids is 1. The lowest BCUT2D eigenvalue weighted by molar-refractivity contribution is 0.0488. The number of carbonyl (C=O) groups is 1. The van der Waals surface area contributed by atoms with Gasteiger partial charge in [-0.15, -0.1) is 0 Å². The van der Waals surface area contributed by atoms with Crippen molar-refractivity contribution in [2.75, 3.05) is 6.54 Å². The van der Waals surface area contributed by atoms with E-state index in [1.807, 2.05) is 27.0 Å². The first kappa shape index (κ1) is 17.1. The Balaban J connectivity index is 1.61. The van der Waals surface area contributed by atoms with Crippen LogP contribution in [0.4, 0.5) is 4.79 Å². The van der Waals surface area contributed by atoms with Crippen molar-refractivity contribution >= 4 is 6.09 Å². The highest BCUT2D eigenvalue weighted by Gasteiger charge is 2.25. The van der Waals surface area contributed by atoms with Gasteiger partial charge in [0.1, 0.15) is 11.7 Å². The Kier molecular flexibility index (Phi) is 6.12. The van der Waals surface area contributed by atoms with Crippen molar-refractivity contribution in [1.29, 1.82) is 0 Å². The Bertz CT molecular complexity index is 382. The first-order valence-corrected chi connectivity index (χ1v) is 8.46. The minimum atomic E-state index is -0.433. The Labute approximate surface area is 133 Å². The third-order valence-electron chi connectivity index (χ3n) is 4.10. The summed E-state index contributed by atoms with van der Waals surface area (Å²) in [6.07, 6.45) is 10.3. The second kappa shape index (κ2) is 7.86. The molecule has 1 amide bonds. The molecule has 0 aromatic heterocycles. The number of hydrogen-bond acceptors (Lipinski definition) is 4. The van der Waals surface area contributed by atoms with Crippen LogP contribution in [0.1, 0.15) is 59.3 Å². The molecule has 0 saturated heterocycles. The largest absolute Gasteiger partial charge is 0.497 e. The fourth-order valence-electron chi connectivity index (χ4n) is 2.95. The van der Waals surface area contributed by atoms with E-state index in [2.05, 4.69) is 16.7 Å². The predicted octanol–water partition coefficient (Wildman–Crippen LogP) is 3.10. The van der Waals surface area contributed by atoms with Crippen molar-refractivity contribution in [3.8, 4) is 0 Å². The number of nitrogens with one attached hydrogen (secondary N) is 2. The molecule has 0 spiro atoms. The zero-order valence-electron chi connectivity index (χ0n) is 14.1. The van der Waals surface area contributed by atoms with Crippen LogP contribution in [0.2, 0.25) is 0 Å². The van der Waals surface area contributed by atoms with Crippen molar-refractivity contribution in [3.05, 3.63) is 12.3 Å². The number of ether oxygens (including phenoxy) is 2. The van der Waals surface area contributed by atoms with Gasteiger partial charge in [0, 0.05) is 18.6 Å². The van der Waals surface area contributed by atoms with Gasteiger partial charge < -0.3 is 20.1 Å². The monoisotopic (exact) mass is 310 g/mol. The molecule has 1 aliphatic heterocycles. The van der Waals surface area contributed by atoms with E-state index in [4.69, 9.17) is 9.47 Å². The van der Waals surface area contributed by atoms with E-state index in [0.717, 1.165) is 45.1 Å². The van der Waals surface area contributed by atoms with Gasteiger partial charge in [-0.25, -0.2) is 4.79 Å². The molecule has 5 heteroatoms. The molecule has 1 atom stereocenters. The summed E-state index contributed by atoms with van der Waals surface area (Å²) in [6, 6.07) is 0.771. The van der Waals surface area contributed by atoms with Crippen LogP contribution in [0.3, 0.4) is 0 Å². The fraction of sp³-hybridized carbons (Fsp3) is 0.824. The van der Waals surface area contributed by atoms with E-state index < -0.39 is 5.60 Å². The lowest BCUT2D eigenvalue weighted by Crippen LogP contribution is -2.45. The van der Waals surface area contributed by atoms with Crippen molar-refractivity contribution in [1.82, 2.24) is 10.6 Å². The van der Waals surface area contributed by atoms with Crippen LogP contribution in [0.25, 0.3) is 0 Å². The molecule has 1 aliphatic carbocycles. The van der Waals surface area contributed by atoms with E-state index in [9.17, 15) is 4.79 Å². The van der Waals surface area contributed by atoms with E-state index in [1.54, 1.807) is 0 Å². The highest BCUT2D eigenvalue weighted by molar-refractivity contribution is 5.68. The van der Waals surface area contributed by atoms with E-state index in [1.165, 1.54) is 0 Å². The summed E-state index contributed by atoms with van der Waals surface area (Å²) in [7, 11) is 0. The lowest BCUT2D eigenvalue weighted by Gasteiger charge is -2.31. The molecular formula is C17H30N2O3. The molecule has 0 aromatic carbocycles. The lowest BCUT2D eigenvalue weighted by atomic mass is 9.91. The molecule has 22 heavy (non-hydrogen) atoms. The summed E-state index contributed by atoms with van der Waals surface area (Å²) >= 11 is 0. The topological polar surface area (TPSA) is 59.6 Å². The number of amides is 1. The molecule has 0 aromatic rings. The number of alkyl carbamates (subject to hydrolysis) is 1. The molecular weight excluding hydrogens is 280 g/mol. The molecule has 0 radical (unpaired) electrons. The molecule has 1 fully saturated rings.